The van der Waals surface area contributed by atoms with Crippen LogP contribution in [-0.4, -0.2) is 23.9 Å². The minimum absolute atomic E-state index is 3.38. The third-order valence-electron chi connectivity index (χ3n) is 1.09. The van der Waals surface area contributed by atoms with E-state index in [1.807, 2.05) is 0 Å². The van der Waals surface area contributed by atoms with Crippen LogP contribution in [0.5, 0.6) is 0 Å². The molecule has 1 amide bonds. The molecule has 0 rings (SSSR count). The number of nitrogens with one attached hydrogen (secondary N) is 1. The monoisotopic (exact) mass is 212 g/mol. The number of rotatable bonds is 1. The van der Waals surface area contributed by atoms with Crippen molar-refractivity contribution in [2.75, 3.05) is 0 Å². The Morgan fingerprint density at radius 1 is 0.846 bits per heavy atom. The highest BCUT2D eigenvalue weighted by atomic mass is 19.4. The molecule has 0 bridgehead atoms. The van der Waals surface area contributed by atoms with Crippen LogP contribution in [0.25, 0.3) is 0 Å². The molecule has 0 saturated heterocycles. The van der Waals surface area contributed by atoms with Crippen LogP contribution in [0.1, 0.15) is 0 Å². The van der Waals surface area contributed by atoms with Crippen LogP contribution in [0.4, 0.5) is 30.7 Å². The fourth-order valence-corrected chi connectivity index (χ4v) is 0.418. The van der Waals surface area contributed by atoms with Gasteiger partial charge in [0.25, 0.3) is 5.91 Å². The highest BCUT2D eigenvalue weighted by molar-refractivity contribution is 5.84. The van der Waals surface area contributed by atoms with Crippen molar-refractivity contribution in [1.29, 1.82) is 0 Å². The maximum atomic E-state index is 12.1. The lowest BCUT2D eigenvalue weighted by Crippen LogP contribution is -2.59. The summed E-state index contributed by atoms with van der Waals surface area (Å²) in [6, 6.07) is 0. The Bertz CT molecular complexity index is 202. The molecule has 0 atom stereocenters. The van der Waals surface area contributed by atoms with Crippen molar-refractivity contribution < 1.29 is 35.5 Å². The number of alkyl halides is 7. The van der Waals surface area contributed by atoms with Crippen LogP contribution in [0, 0.1) is 0 Å². The van der Waals surface area contributed by atoms with Gasteiger partial charge in [-0.15, -0.1) is 0 Å². The molecule has 1 N–H and O–H groups in total. The summed E-state index contributed by atoms with van der Waals surface area (Å²) in [5.74, 6) is -3.38. The van der Waals surface area contributed by atoms with Gasteiger partial charge in [-0.2, -0.15) is 26.3 Å². The Morgan fingerprint density at radius 2 is 1.08 bits per heavy atom. The van der Waals surface area contributed by atoms with E-state index in [1.54, 1.807) is 0 Å². The van der Waals surface area contributed by atoms with Crippen LogP contribution in [0.2, 0.25) is 0 Å². The molecule has 0 heterocycles. The first-order chi connectivity index (χ1) is 5.44. The van der Waals surface area contributed by atoms with Crippen LogP contribution in [0.3, 0.4) is 0 Å². The minimum atomic E-state index is -6.47. The lowest BCUT2D eigenvalue weighted by molar-refractivity contribution is -0.325. The summed E-state index contributed by atoms with van der Waals surface area (Å²) in [6.45, 7) is 0. The highest BCUT2D eigenvalue weighted by Gasteiger charge is 2.77. The van der Waals surface area contributed by atoms with Gasteiger partial charge in [-0.25, -0.2) is 4.39 Å². The first kappa shape index (κ1) is 12.0. The average molecular weight is 212 g/mol. The standard InChI is InChI=1S/C4HF7NO/c5-2(1(12)13,3(6,7)8)4(9,10)11/h12H. The molecular weight excluding hydrogens is 211 g/mol. The fourth-order valence-electron chi connectivity index (χ4n) is 0.418. The molecule has 0 aromatic heterocycles. The van der Waals surface area contributed by atoms with E-state index in [0.717, 1.165) is 0 Å². The summed E-state index contributed by atoms with van der Waals surface area (Å²) in [5.41, 5.74) is -0.508. The number of carbonyl (C=O) groups is 1. The number of hydrogen-bond acceptors (Lipinski definition) is 1. The molecule has 0 aliphatic rings. The van der Waals surface area contributed by atoms with Crippen molar-refractivity contribution in [3.8, 4) is 0 Å². The Kier molecular flexibility index (Phi) is 2.52. The molecule has 9 heteroatoms. The second-order valence-corrected chi connectivity index (χ2v) is 1.98. The smallest absolute Gasteiger partial charge is 0.269 e. The van der Waals surface area contributed by atoms with E-state index < -0.39 is 23.9 Å². The van der Waals surface area contributed by atoms with E-state index in [4.69, 9.17) is 5.73 Å². The highest BCUT2D eigenvalue weighted by Crippen LogP contribution is 2.46. The van der Waals surface area contributed by atoms with Gasteiger partial charge in [-0.1, -0.05) is 0 Å². The molecule has 77 valence electrons. The first-order valence-corrected chi connectivity index (χ1v) is 2.53. The molecule has 0 unspecified atom stereocenters. The summed E-state index contributed by atoms with van der Waals surface area (Å²) < 4.78 is 80.6. The third-order valence-corrected chi connectivity index (χ3v) is 1.09. The van der Waals surface area contributed by atoms with Crippen molar-refractivity contribution >= 4 is 5.91 Å². The largest absolute Gasteiger partial charge is 0.441 e. The third kappa shape index (κ3) is 1.68. The van der Waals surface area contributed by atoms with Gasteiger partial charge >= 0.3 is 18.0 Å². The summed E-state index contributed by atoms with van der Waals surface area (Å²) in [6.07, 6.45) is -12.9. The number of halogens is 7. The molecule has 13 heavy (non-hydrogen) atoms. The predicted molar refractivity (Wildman–Crippen MR) is 24.1 cm³/mol. The molecule has 0 spiro atoms. The molecule has 0 aliphatic carbocycles. The summed E-state index contributed by atoms with van der Waals surface area (Å²) in [5, 5.41) is 0. The van der Waals surface area contributed by atoms with E-state index in [9.17, 15) is 35.5 Å². The van der Waals surface area contributed by atoms with Gasteiger partial charge in [0.1, 0.15) is 0 Å². The van der Waals surface area contributed by atoms with Crippen molar-refractivity contribution in [2.45, 2.75) is 18.0 Å². The Balaban J connectivity index is 5.35. The maximum Gasteiger partial charge on any atom is 0.441 e. The SMILES string of the molecule is [NH]C(=O)C(F)(C(F)(F)F)C(F)(F)F. The Morgan fingerprint density at radius 3 is 1.08 bits per heavy atom. The van der Waals surface area contributed by atoms with E-state index >= 15 is 0 Å². The number of carbonyl (C=O) groups excluding carboxylic acids is 1. The van der Waals surface area contributed by atoms with E-state index in [0.29, 0.717) is 0 Å². The van der Waals surface area contributed by atoms with Crippen molar-refractivity contribution in [1.82, 2.24) is 5.73 Å². The second kappa shape index (κ2) is 2.74. The predicted octanol–water partition coefficient (Wildman–Crippen LogP) is 1.63. The van der Waals surface area contributed by atoms with Crippen LogP contribution < -0.4 is 5.73 Å². The van der Waals surface area contributed by atoms with Crippen LogP contribution >= 0.6 is 0 Å². The average Bonchev–Trinajstić information content (AvgIpc) is 1.80. The molecule has 0 saturated carbocycles. The van der Waals surface area contributed by atoms with Crippen molar-refractivity contribution in [3.63, 3.8) is 0 Å². The molecule has 0 aromatic carbocycles. The molecule has 0 aromatic rings. The van der Waals surface area contributed by atoms with E-state index in [-0.39, 0.29) is 0 Å². The first-order valence-electron chi connectivity index (χ1n) is 2.53. The zero-order valence-electron chi connectivity index (χ0n) is 5.55. The quantitative estimate of drug-likeness (QED) is 0.609. The summed E-state index contributed by atoms with van der Waals surface area (Å²) in [4.78, 5) is 9.61. The van der Waals surface area contributed by atoms with Gasteiger partial charge in [0.15, 0.2) is 0 Å². The molecule has 0 aliphatic heterocycles. The van der Waals surface area contributed by atoms with Crippen LogP contribution in [0.15, 0.2) is 0 Å². The second-order valence-electron chi connectivity index (χ2n) is 1.98. The molecule has 0 fully saturated rings. The van der Waals surface area contributed by atoms with Gasteiger partial charge in [0.05, 0.1) is 0 Å². The van der Waals surface area contributed by atoms with Crippen molar-refractivity contribution in [2.24, 2.45) is 0 Å². The number of hydrogen-bond donors (Lipinski definition) is 0. The lowest BCUT2D eigenvalue weighted by Gasteiger charge is -2.25. The van der Waals surface area contributed by atoms with Crippen LogP contribution in [-0.2, 0) is 4.79 Å². The molecule has 1 radical (unpaired) electrons. The van der Waals surface area contributed by atoms with Gasteiger partial charge in [-0.3, -0.25) is 10.5 Å². The van der Waals surface area contributed by atoms with Gasteiger partial charge in [0.2, 0.25) is 0 Å². The lowest BCUT2D eigenvalue weighted by atomic mass is 10.1. The topological polar surface area (TPSA) is 40.9 Å². The van der Waals surface area contributed by atoms with Gasteiger partial charge in [-0.05, 0) is 0 Å². The van der Waals surface area contributed by atoms with E-state index in [1.165, 1.54) is 0 Å². The molecular formula is C4HF7NO. The Hall–Kier alpha value is -1.02. The fraction of sp³-hybridized carbons (Fsp3) is 0.750. The van der Waals surface area contributed by atoms with Gasteiger partial charge in [0, 0.05) is 0 Å². The number of amides is 1. The minimum Gasteiger partial charge on any atom is -0.269 e. The molecule has 2 nitrogen and oxygen atoms in total. The zero-order chi connectivity index (χ0) is 11.1. The Labute approximate surface area is 66.5 Å². The van der Waals surface area contributed by atoms with E-state index in [2.05, 4.69) is 0 Å². The normalized spacial score (nSPS) is 14.4. The van der Waals surface area contributed by atoms with Gasteiger partial charge < -0.3 is 0 Å². The summed E-state index contributed by atoms with van der Waals surface area (Å²) >= 11 is 0. The summed E-state index contributed by atoms with van der Waals surface area (Å²) in [7, 11) is 0. The zero-order valence-corrected chi connectivity index (χ0v) is 5.55. The van der Waals surface area contributed by atoms with Crippen molar-refractivity contribution in [3.05, 3.63) is 0 Å². The maximum absolute atomic E-state index is 12.1.